The molecule has 1 saturated heterocycles. The van der Waals surface area contributed by atoms with E-state index in [-0.39, 0.29) is 49.5 Å². The highest BCUT2D eigenvalue weighted by atomic mass is 35.5. The summed E-state index contributed by atoms with van der Waals surface area (Å²) in [5, 5.41) is 2.92. The smallest absolute Gasteiger partial charge is 0.405 e. The predicted octanol–water partition coefficient (Wildman–Crippen LogP) is 2.53. The molecule has 1 aromatic rings. The summed E-state index contributed by atoms with van der Waals surface area (Å²) < 4.78 is 13.1. The second-order valence-electron chi connectivity index (χ2n) is 8.86. The first-order chi connectivity index (χ1) is 12.4. The summed E-state index contributed by atoms with van der Waals surface area (Å²) in [7, 11) is -0.347. The fourth-order valence-electron chi connectivity index (χ4n) is 5.44. The van der Waals surface area contributed by atoms with Gasteiger partial charge in [-0.25, -0.2) is 0 Å². The Labute approximate surface area is 168 Å². The SMILES string of the molecule is CC1(C)[C@@H]2CC3OB(C(CNC(=O)CN)c4ccccc4)O[C@@]3(C)[C@H]1C2.Cl. The van der Waals surface area contributed by atoms with Crippen molar-refractivity contribution in [2.24, 2.45) is 23.0 Å². The van der Waals surface area contributed by atoms with Crippen molar-refractivity contribution in [3.05, 3.63) is 35.9 Å². The summed E-state index contributed by atoms with van der Waals surface area (Å²) in [6, 6.07) is 10.2. The molecule has 1 amide bonds. The van der Waals surface area contributed by atoms with Gasteiger partial charge in [-0.1, -0.05) is 44.2 Å². The van der Waals surface area contributed by atoms with Gasteiger partial charge in [-0.2, -0.15) is 0 Å². The van der Waals surface area contributed by atoms with Gasteiger partial charge in [0, 0.05) is 12.4 Å². The highest BCUT2D eigenvalue weighted by Gasteiger charge is 2.68. The first-order valence-corrected chi connectivity index (χ1v) is 9.71. The molecule has 3 aliphatic carbocycles. The van der Waals surface area contributed by atoms with E-state index in [0.717, 1.165) is 17.9 Å². The topological polar surface area (TPSA) is 73.6 Å². The molecule has 3 saturated carbocycles. The molecule has 3 N–H and O–H groups in total. The molecule has 148 valence electrons. The summed E-state index contributed by atoms with van der Waals surface area (Å²) in [6.07, 6.45) is 2.43. The molecule has 1 aromatic carbocycles. The number of nitrogens with two attached hydrogens (primary N) is 1. The average Bonchev–Trinajstić information content (AvgIpc) is 2.99. The normalized spacial score (nSPS) is 34.1. The van der Waals surface area contributed by atoms with Crippen molar-refractivity contribution in [2.75, 3.05) is 13.1 Å². The number of rotatable bonds is 5. The highest BCUT2D eigenvalue weighted by Crippen LogP contribution is 2.66. The van der Waals surface area contributed by atoms with Gasteiger partial charge in [-0.3, -0.25) is 4.79 Å². The highest BCUT2D eigenvalue weighted by molar-refractivity contribution is 6.47. The molecule has 2 unspecified atom stereocenters. The fraction of sp³-hybridized carbons (Fsp3) is 0.650. The number of hydrogen-bond acceptors (Lipinski definition) is 4. The standard InChI is InChI=1S/C20H29BN2O3.ClH/c1-19(2)14-9-16(19)20(3)17(10-14)25-21(26-20)15(12-23-18(24)11-22)13-7-5-4-6-8-13;/h4-8,14-17H,9-12,22H2,1-3H3,(H,23,24);1H/t14-,15?,16-,17?,20-;/m0./s1. The fourth-order valence-corrected chi connectivity index (χ4v) is 5.44. The van der Waals surface area contributed by atoms with Crippen LogP contribution in [-0.2, 0) is 14.1 Å². The van der Waals surface area contributed by atoms with Crippen molar-refractivity contribution >= 4 is 25.4 Å². The zero-order valence-corrected chi connectivity index (χ0v) is 17.1. The molecule has 0 radical (unpaired) electrons. The molecule has 1 heterocycles. The van der Waals surface area contributed by atoms with Gasteiger partial charge in [-0.15, -0.1) is 12.4 Å². The molecule has 0 spiro atoms. The Kier molecular flexibility index (Phi) is 5.66. The lowest BCUT2D eigenvalue weighted by atomic mass is 9.43. The summed E-state index contributed by atoms with van der Waals surface area (Å²) in [6.45, 7) is 7.40. The summed E-state index contributed by atoms with van der Waals surface area (Å²) >= 11 is 0. The largest absolute Gasteiger partial charge is 0.467 e. The lowest BCUT2D eigenvalue weighted by Gasteiger charge is -2.64. The van der Waals surface area contributed by atoms with Gasteiger partial charge in [0.2, 0.25) is 5.91 Å². The van der Waals surface area contributed by atoms with Crippen LogP contribution in [0, 0.1) is 17.3 Å². The molecule has 5 nitrogen and oxygen atoms in total. The minimum Gasteiger partial charge on any atom is -0.405 e. The van der Waals surface area contributed by atoms with E-state index in [2.05, 4.69) is 38.2 Å². The van der Waals surface area contributed by atoms with Crippen molar-refractivity contribution in [3.8, 4) is 0 Å². The molecule has 4 aliphatic rings. The van der Waals surface area contributed by atoms with Crippen LogP contribution in [0.2, 0.25) is 0 Å². The zero-order chi connectivity index (χ0) is 18.5. The summed E-state index contributed by atoms with van der Waals surface area (Å²) in [4.78, 5) is 11.7. The molecule has 7 heteroatoms. The zero-order valence-electron chi connectivity index (χ0n) is 16.3. The average molecular weight is 393 g/mol. The Bertz CT molecular complexity index is 689. The van der Waals surface area contributed by atoms with E-state index in [0.29, 0.717) is 17.9 Å². The molecule has 0 aromatic heterocycles. The van der Waals surface area contributed by atoms with E-state index >= 15 is 0 Å². The predicted molar refractivity (Wildman–Crippen MR) is 109 cm³/mol. The number of amides is 1. The number of benzene rings is 1. The second kappa shape index (κ2) is 7.39. The number of halogens is 1. The Morgan fingerprint density at radius 1 is 1.30 bits per heavy atom. The van der Waals surface area contributed by atoms with Gasteiger partial charge in [0.05, 0.1) is 18.2 Å². The van der Waals surface area contributed by atoms with Crippen molar-refractivity contribution in [1.29, 1.82) is 0 Å². The van der Waals surface area contributed by atoms with Crippen molar-refractivity contribution in [2.45, 2.75) is 51.1 Å². The monoisotopic (exact) mass is 392 g/mol. The Morgan fingerprint density at radius 3 is 2.63 bits per heavy atom. The summed E-state index contributed by atoms with van der Waals surface area (Å²) in [5.41, 5.74) is 6.64. The van der Waals surface area contributed by atoms with E-state index in [4.69, 9.17) is 15.0 Å². The van der Waals surface area contributed by atoms with Gasteiger partial charge in [0.1, 0.15) is 0 Å². The molecule has 4 fully saturated rings. The van der Waals surface area contributed by atoms with Gasteiger partial charge in [0.25, 0.3) is 0 Å². The first-order valence-electron chi connectivity index (χ1n) is 9.71. The van der Waals surface area contributed by atoms with E-state index in [1.807, 2.05) is 18.2 Å². The third kappa shape index (κ3) is 3.31. The van der Waals surface area contributed by atoms with E-state index < -0.39 is 0 Å². The van der Waals surface area contributed by atoms with Gasteiger partial charge < -0.3 is 20.4 Å². The lowest BCUT2D eigenvalue weighted by molar-refractivity contribution is -0.199. The molecule has 5 atom stereocenters. The minimum absolute atomic E-state index is 0. The van der Waals surface area contributed by atoms with Crippen LogP contribution >= 0.6 is 12.4 Å². The molecular formula is C20H30BClN2O3. The molecule has 5 rings (SSSR count). The van der Waals surface area contributed by atoms with Gasteiger partial charge in [-0.05, 0) is 42.6 Å². The Morgan fingerprint density at radius 2 is 2.00 bits per heavy atom. The van der Waals surface area contributed by atoms with Crippen LogP contribution in [0.1, 0.15) is 45.0 Å². The number of carbonyl (C=O) groups excluding carboxylic acids is 1. The van der Waals surface area contributed by atoms with Crippen LogP contribution in [0.15, 0.2) is 30.3 Å². The van der Waals surface area contributed by atoms with Crippen molar-refractivity contribution < 1.29 is 14.1 Å². The van der Waals surface area contributed by atoms with Crippen LogP contribution in [0.4, 0.5) is 0 Å². The van der Waals surface area contributed by atoms with Crippen LogP contribution < -0.4 is 11.1 Å². The van der Waals surface area contributed by atoms with Crippen molar-refractivity contribution in [1.82, 2.24) is 5.32 Å². The quantitative estimate of drug-likeness (QED) is 0.755. The van der Waals surface area contributed by atoms with Gasteiger partial charge in [0.15, 0.2) is 0 Å². The minimum atomic E-state index is -0.347. The van der Waals surface area contributed by atoms with Crippen LogP contribution in [0.5, 0.6) is 0 Å². The van der Waals surface area contributed by atoms with Gasteiger partial charge >= 0.3 is 7.12 Å². The Hall–Kier alpha value is -1.08. The number of hydrogen-bond donors (Lipinski definition) is 2. The first kappa shape index (κ1) is 20.7. The maximum Gasteiger partial charge on any atom is 0.467 e. The molecular weight excluding hydrogens is 362 g/mol. The number of nitrogens with one attached hydrogen (secondary N) is 1. The Balaban J connectivity index is 0.00000210. The van der Waals surface area contributed by atoms with Crippen molar-refractivity contribution in [3.63, 3.8) is 0 Å². The molecule has 27 heavy (non-hydrogen) atoms. The van der Waals surface area contributed by atoms with E-state index in [1.165, 1.54) is 6.42 Å². The van der Waals surface area contributed by atoms with Crippen LogP contribution in [0.25, 0.3) is 0 Å². The third-order valence-corrected chi connectivity index (χ3v) is 7.23. The third-order valence-electron chi connectivity index (χ3n) is 7.23. The molecule has 1 aliphatic heterocycles. The van der Waals surface area contributed by atoms with E-state index in [9.17, 15) is 4.79 Å². The maximum absolute atomic E-state index is 11.7. The lowest BCUT2D eigenvalue weighted by Crippen LogP contribution is -2.65. The van der Waals surface area contributed by atoms with Crippen LogP contribution in [0.3, 0.4) is 0 Å². The van der Waals surface area contributed by atoms with Crippen LogP contribution in [-0.4, -0.2) is 37.8 Å². The second-order valence-corrected chi connectivity index (χ2v) is 8.86. The summed E-state index contributed by atoms with van der Waals surface area (Å²) in [5.74, 6) is 1.05. The molecule has 2 bridgehead atoms. The number of carbonyl (C=O) groups is 1. The van der Waals surface area contributed by atoms with E-state index in [1.54, 1.807) is 0 Å². The maximum atomic E-state index is 11.7.